The number of ether oxygens (including phenoxy) is 4. The molecule has 1 aliphatic rings. The van der Waals surface area contributed by atoms with Gasteiger partial charge in [0.1, 0.15) is 24.7 Å². The molecule has 0 radical (unpaired) electrons. The Balaban J connectivity index is 0.880. The van der Waals surface area contributed by atoms with Crippen LogP contribution in [0.5, 0.6) is 11.5 Å². The van der Waals surface area contributed by atoms with Crippen molar-refractivity contribution in [2.75, 3.05) is 52.9 Å². The lowest BCUT2D eigenvalue weighted by molar-refractivity contribution is 0.0740. The van der Waals surface area contributed by atoms with Crippen LogP contribution in [0.2, 0.25) is 10.1 Å². The Morgan fingerprint density at radius 1 is 0.359 bits per heavy atom. The van der Waals surface area contributed by atoms with E-state index in [1.54, 1.807) is 36.4 Å². The Kier molecular flexibility index (Phi) is 15.0. The second-order valence-electron chi connectivity index (χ2n) is 18.0. The molecule has 0 aromatic heterocycles. The minimum atomic E-state index is -2.65. The van der Waals surface area contributed by atoms with Gasteiger partial charge in [0.05, 0.1) is 39.6 Å². The van der Waals surface area contributed by atoms with E-state index >= 15 is 0 Å². The molecule has 7 rings (SSSR count). The van der Waals surface area contributed by atoms with E-state index in [0.29, 0.717) is 73.4 Å². The first-order chi connectivity index (χ1) is 30.9. The van der Waals surface area contributed by atoms with Gasteiger partial charge in [-0.05, 0) is 67.2 Å². The van der Waals surface area contributed by atoms with Crippen LogP contribution in [0.15, 0.2) is 158 Å². The van der Waals surface area contributed by atoms with Crippen molar-refractivity contribution in [3.8, 4) is 11.5 Å². The number of hydrogen-bond acceptors (Lipinski definition) is 8. The molecule has 0 saturated heterocycles. The van der Waals surface area contributed by atoms with Crippen LogP contribution in [0.25, 0.3) is 0 Å². The predicted molar refractivity (Wildman–Crippen MR) is 260 cm³/mol. The fourth-order valence-corrected chi connectivity index (χ4v) is 18.0. The van der Waals surface area contributed by atoms with E-state index in [2.05, 4.69) is 139 Å². The van der Waals surface area contributed by atoms with Crippen LogP contribution in [0.1, 0.15) is 73.4 Å². The summed E-state index contributed by atoms with van der Waals surface area (Å²) in [6.45, 7) is 16.4. The molecule has 0 bridgehead atoms. The van der Waals surface area contributed by atoms with Gasteiger partial charge < -0.3 is 27.8 Å². The van der Waals surface area contributed by atoms with E-state index in [1.807, 2.05) is 24.3 Å². The van der Waals surface area contributed by atoms with Crippen LogP contribution in [0.3, 0.4) is 0 Å². The lowest BCUT2D eigenvalue weighted by Gasteiger charge is -2.43. The van der Waals surface area contributed by atoms with Crippen LogP contribution >= 0.6 is 0 Å². The van der Waals surface area contributed by atoms with E-state index in [1.165, 1.54) is 20.7 Å². The largest absolute Gasteiger partial charge is 0.491 e. The van der Waals surface area contributed by atoms with Crippen molar-refractivity contribution in [1.82, 2.24) is 0 Å². The first kappa shape index (κ1) is 46.5. The highest BCUT2D eigenvalue weighted by molar-refractivity contribution is 7.00. The number of hydrogen-bond donors (Lipinski definition) is 0. The summed E-state index contributed by atoms with van der Waals surface area (Å²) in [4.78, 5) is 27.4. The Morgan fingerprint density at radius 3 is 0.953 bits per heavy atom. The Morgan fingerprint density at radius 2 is 0.656 bits per heavy atom. The summed E-state index contributed by atoms with van der Waals surface area (Å²) < 4.78 is 37.8. The zero-order valence-electron chi connectivity index (χ0n) is 37.9. The van der Waals surface area contributed by atoms with Crippen molar-refractivity contribution >= 4 is 48.9 Å². The van der Waals surface area contributed by atoms with Crippen LogP contribution in [-0.4, -0.2) is 81.1 Å². The molecule has 332 valence electrons. The van der Waals surface area contributed by atoms with Gasteiger partial charge >= 0.3 is 0 Å². The number of benzene rings is 6. The van der Waals surface area contributed by atoms with Gasteiger partial charge in [-0.15, -0.1) is 0 Å². The van der Waals surface area contributed by atoms with Gasteiger partial charge in [0.2, 0.25) is 0 Å². The van der Waals surface area contributed by atoms with Crippen molar-refractivity contribution < 1.29 is 37.4 Å². The highest BCUT2D eigenvalue weighted by Crippen LogP contribution is 2.38. The third-order valence-electron chi connectivity index (χ3n) is 11.9. The molecule has 6 aromatic carbocycles. The standard InChI is InChI=1S/C54H60O8Si2/c1-53(2,3)63(43-19-11-7-12-20-43,44-21-13-8-14-22-44)61-37-33-57-31-35-59-41-27-29-47-49(39-41)51(55)48-30-28-42(40-50(48)52(47)56)60-36-32-58-34-38-62-64(54(4,5)6,45-23-15-9-16-24-45)46-25-17-10-18-26-46/h7-30,39-40H,31-38H2,1-6H3. The molecule has 0 saturated carbocycles. The quantitative estimate of drug-likeness (QED) is 0.0558. The van der Waals surface area contributed by atoms with Gasteiger partial charge in [0.15, 0.2) is 11.6 Å². The summed E-state index contributed by atoms with van der Waals surface area (Å²) in [6, 6.07) is 52.2. The molecule has 0 aliphatic heterocycles. The number of carbonyl (C=O) groups is 2. The van der Waals surface area contributed by atoms with Gasteiger partial charge in [-0.2, -0.15) is 0 Å². The average Bonchev–Trinajstić information content (AvgIpc) is 3.30. The number of ketones is 2. The average molecular weight is 893 g/mol. The van der Waals surface area contributed by atoms with Crippen molar-refractivity contribution in [2.45, 2.75) is 51.6 Å². The van der Waals surface area contributed by atoms with Gasteiger partial charge in [-0.25, -0.2) is 0 Å². The lowest BCUT2D eigenvalue weighted by Crippen LogP contribution is -2.66. The maximum absolute atomic E-state index is 13.7. The summed E-state index contributed by atoms with van der Waals surface area (Å²) in [5.41, 5.74) is 1.31. The van der Waals surface area contributed by atoms with Crippen LogP contribution in [0.4, 0.5) is 0 Å². The summed E-state index contributed by atoms with van der Waals surface area (Å²) in [6.07, 6.45) is 0. The van der Waals surface area contributed by atoms with E-state index in [-0.39, 0.29) is 34.9 Å². The Labute approximate surface area is 380 Å². The number of fused-ring (bicyclic) bond motifs is 2. The molecule has 6 aromatic rings. The Hall–Kier alpha value is -5.47. The molecule has 0 fully saturated rings. The van der Waals surface area contributed by atoms with E-state index in [9.17, 15) is 9.59 Å². The highest BCUT2D eigenvalue weighted by Gasteiger charge is 2.51. The Bertz CT molecular complexity index is 2210. The van der Waals surface area contributed by atoms with E-state index in [0.717, 1.165) is 0 Å². The molecule has 64 heavy (non-hydrogen) atoms. The molecule has 0 unspecified atom stereocenters. The summed E-state index contributed by atoms with van der Waals surface area (Å²) in [5, 5.41) is 4.64. The molecular formula is C54H60O8Si2. The monoisotopic (exact) mass is 892 g/mol. The van der Waals surface area contributed by atoms with Crippen molar-refractivity contribution in [1.29, 1.82) is 0 Å². The summed E-state index contributed by atoms with van der Waals surface area (Å²) >= 11 is 0. The SMILES string of the molecule is CC(C)(C)[Si](OCCOCCOc1ccc2c(c1)C(=O)c1ccc(OCCOCCO[Si](c3ccccc3)(c3ccccc3)C(C)(C)C)cc1C2=O)(c1ccccc1)c1ccccc1. The molecule has 0 N–H and O–H groups in total. The van der Waals surface area contributed by atoms with Crippen LogP contribution in [-0.2, 0) is 18.3 Å². The third-order valence-corrected chi connectivity index (χ3v) is 22.0. The molecule has 0 heterocycles. The normalized spacial score (nSPS) is 13.0. The first-order valence-electron chi connectivity index (χ1n) is 22.2. The molecular weight excluding hydrogens is 833 g/mol. The minimum absolute atomic E-state index is 0.123. The first-order valence-corrected chi connectivity index (χ1v) is 26.0. The van der Waals surface area contributed by atoms with Gasteiger partial charge in [-0.1, -0.05) is 163 Å². The highest BCUT2D eigenvalue weighted by atomic mass is 28.4. The van der Waals surface area contributed by atoms with E-state index in [4.69, 9.17) is 27.8 Å². The molecule has 0 atom stereocenters. The van der Waals surface area contributed by atoms with Crippen molar-refractivity contribution in [3.05, 3.63) is 180 Å². The van der Waals surface area contributed by atoms with E-state index < -0.39 is 16.6 Å². The summed E-state index contributed by atoms with van der Waals surface area (Å²) in [7, 11) is -5.30. The predicted octanol–water partition coefficient (Wildman–Crippen LogP) is 8.41. The maximum Gasteiger partial charge on any atom is 0.261 e. The molecule has 1 aliphatic carbocycles. The molecule has 0 spiro atoms. The molecule has 10 heteroatoms. The lowest BCUT2D eigenvalue weighted by atomic mass is 9.84. The number of carbonyl (C=O) groups excluding carboxylic acids is 2. The topological polar surface area (TPSA) is 89.5 Å². The minimum Gasteiger partial charge on any atom is -0.491 e. The van der Waals surface area contributed by atoms with Gasteiger partial charge in [0.25, 0.3) is 16.6 Å². The second-order valence-corrected chi connectivity index (χ2v) is 26.6. The van der Waals surface area contributed by atoms with Crippen LogP contribution < -0.4 is 30.2 Å². The fraction of sp³-hybridized carbons (Fsp3) is 0.296. The second kappa shape index (κ2) is 20.6. The molecule has 0 amide bonds. The zero-order valence-corrected chi connectivity index (χ0v) is 39.9. The third kappa shape index (κ3) is 9.93. The van der Waals surface area contributed by atoms with Crippen molar-refractivity contribution in [2.24, 2.45) is 0 Å². The zero-order chi connectivity index (χ0) is 45.2. The van der Waals surface area contributed by atoms with Gasteiger partial charge in [-0.3, -0.25) is 9.59 Å². The molecule has 8 nitrogen and oxygen atoms in total. The number of rotatable bonds is 20. The maximum atomic E-state index is 13.7. The van der Waals surface area contributed by atoms with Crippen molar-refractivity contribution in [3.63, 3.8) is 0 Å². The van der Waals surface area contributed by atoms with Crippen LogP contribution in [0, 0.1) is 0 Å². The summed E-state index contributed by atoms with van der Waals surface area (Å²) in [5.74, 6) is 0.518. The fourth-order valence-electron chi connectivity index (χ4n) is 8.96. The smallest absolute Gasteiger partial charge is 0.261 e. The van der Waals surface area contributed by atoms with Gasteiger partial charge in [0, 0.05) is 22.3 Å².